The summed E-state index contributed by atoms with van der Waals surface area (Å²) in [5, 5.41) is 3.47. The second kappa shape index (κ2) is 5.28. The van der Waals surface area contributed by atoms with Crippen LogP contribution in [0.1, 0.15) is 32.6 Å². The highest BCUT2D eigenvalue weighted by molar-refractivity contribution is 4.88. The maximum absolute atomic E-state index is 5.74. The van der Waals surface area contributed by atoms with Gasteiger partial charge in [0, 0.05) is 25.2 Å². The zero-order valence-corrected chi connectivity index (χ0v) is 9.76. The summed E-state index contributed by atoms with van der Waals surface area (Å²) in [6.45, 7) is 7.10. The van der Waals surface area contributed by atoms with Gasteiger partial charge in [-0.3, -0.25) is 0 Å². The molecular formula is C12H23NO2. The summed E-state index contributed by atoms with van der Waals surface area (Å²) < 4.78 is 11.3. The molecule has 3 heteroatoms. The molecule has 0 radical (unpaired) electrons. The molecule has 2 atom stereocenters. The van der Waals surface area contributed by atoms with Gasteiger partial charge in [0.25, 0.3) is 0 Å². The lowest BCUT2D eigenvalue weighted by molar-refractivity contribution is 0.0522. The molecule has 0 spiro atoms. The van der Waals surface area contributed by atoms with Crippen LogP contribution in [0.25, 0.3) is 0 Å². The van der Waals surface area contributed by atoms with E-state index in [9.17, 15) is 0 Å². The lowest BCUT2D eigenvalue weighted by Crippen LogP contribution is -2.37. The lowest BCUT2D eigenvalue weighted by Gasteiger charge is -2.30. The molecule has 2 aliphatic heterocycles. The zero-order chi connectivity index (χ0) is 10.6. The normalized spacial score (nSPS) is 36.2. The lowest BCUT2D eigenvalue weighted by atomic mass is 9.81. The summed E-state index contributed by atoms with van der Waals surface area (Å²) in [5.41, 5.74) is 0.352. The quantitative estimate of drug-likeness (QED) is 0.752. The number of ether oxygens (including phenoxy) is 2. The Balaban J connectivity index is 1.86. The summed E-state index contributed by atoms with van der Waals surface area (Å²) in [4.78, 5) is 0. The molecule has 15 heavy (non-hydrogen) atoms. The van der Waals surface area contributed by atoms with Crippen molar-refractivity contribution in [2.45, 2.75) is 38.7 Å². The molecule has 2 saturated heterocycles. The van der Waals surface area contributed by atoms with Gasteiger partial charge < -0.3 is 14.8 Å². The van der Waals surface area contributed by atoms with Gasteiger partial charge in [0.05, 0.1) is 12.7 Å². The maximum atomic E-state index is 5.74. The van der Waals surface area contributed by atoms with Gasteiger partial charge in [-0.05, 0) is 32.2 Å². The number of hydrogen-bond donors (Lipinski definition) is 1. The molecule has 0 bridgehead atoms. The first-order valence-electron chi connectivity index (χ1n) is 6.25. The summed E-state index contributed by atoms with van der Waals surface area (Å²) in [5.74, 6) is 0. The molecule has 2 heterocycles. The van der Waals surface area contributed by atoms with E-state index in [-0.39, 0.29) is 0 Å². The standard InChI is InChI=1S/C12H23NO2/c1-2-13-9-12(5-7-14-10-12)8-11-4-3-6-15-11/h11,13H,2-10H2,1H3. The van der Waals surface area contributed by atoms with E-state index in [2.05, 4.69) is 12.2 Å². The number of rotatable bonds is 5. The maximum Gasteiger partial charge on any atom is 0.0582 e. The Morgan fingerprint density at radius 3 is 2.93 bits per heavy atom. The highest BCUT2D eigenvalue weighted by Crippen LogP contribution is 2.36. The molecule has 3 nitrogen and oxygen atoms in total. The molecule has 2 aliphatic rings. The van der Waals surface area contributed by atoms with Crippen molar-refractivity contribution in [3.05, 3.63) is 0 Å². The SMILES string of the molecule is CCNCC1(CC2CCCO2)CCOC1. The van der Waals surface area contributed by atoms with Gasteiger partial charge in [0.15, 0.2) is 0 Å². The summed E-state index contributed by atoms with van der Waals surface area (Å²) in [7, 11) is 0. The van der Waals surface area contributed by atoms with Crippen molar-refractivity contribution >= 4 is 0 Å². The molecular weight excluding hydrogens is 190 g/mol. The molecule has 0 amide bonds. The summed E-state index contributed by atoms with van der Waals surface area (Å²) in [6, 6.07) is 0. The van der Waals surface area contributed by atoms with Gasteiger partial charge in [0.2, 0.25) is 0 Å². The Hall–Kier alpha value is -0.120. The third kappa shape index (κ3) is 2.92. The smallest absolute Gasteiger partial charge is 0.0582 e. The van der Waals surface area contributed by atoms with Crippen LogP contribution in [-0.2, 0) is 9.47 Å². The zero-order valence-electron chi connectivity index (χ0n) is 9.76. The molecule has 0 saturated carbocycles. The first-order chi connectivity index (χ1) is 7.35. The minimum atomic E-state index is 0.352. The largest absolute Gasteiger partial charge is 0.381 e. The third-order valence-corrected chi connectivity index (χ3v) is 3.62. The van der Waals surface area contributed by atoms with E-state index in [0.717, 1.165) is 32.9 Å². The van der Waals surface area contributed by atoms with E-state index in [0.29, 0.717) is 11.5 Å². The average Bonchev–Trinajstić information content (AvgIpc) is 2.88. The van der Waals surface area contributed by atoms with Gasteiger partial charge in [0.1, 0.15) is 0 Å². The fourth-order valence-corrected chi connectivity index (χ4v) is 2.70. The molecule has 2 rings (SSSR count). The van der Waals surface area contributed by atoms with Crippen molar-refractivity contribution in [2.24, 2.45) is 5.41 Å². The molecule has 2 fully saturated rings. The third-order valence-electron chi connectivity index (χ3n) is 3.62. The van der Waals surface area contributed by atoms with Crippen molar-refractivity contribution in [1.82, 2.24) is 5.32 Å². The van der Waals surface area contributed by atoms with Gasteiger partial charge in [-0.15, -0.1) is 0 Å². The topological polar surface area (TPSA) is 30.5 Å². The van der Waals surface area contributed by atoms with Crippen LogP contribution in [0.3, 0.4) is 0 Å². The van der Waals surface area contributed by atoms with Gasteiger partial charge >= 0.3 is 0 Å². The van der Waals surface area contributed by atoms with Crippen LogP contribution >= 0.6 is 0 Å². The van der Waals surface area contributed by atoms with Crippen molar-refractivity contribution in [3.8, 4) is 0 Å². The first kappa shape index (κ1) is 11.4. The minimum Gasteiger partial charge on any atom is -0.381 e. The fraction of sp³-hybridized carbons (Fsp3) is 1.00. The van der Waals surface area contributed by atoms with E-state index in [1.807, 2.05) is 0 Å². The van der Waals surface area contributed by atoms with Crippen LogP contribution in [0.15, 0.2) is 0 Å². The second-order valence-electron chi connectivity index (χ2n) is 4.92. The van der Waals surface area contributed by atoms with Crippen molar-refractivity contribution in [3.63, 3.8) is 0 Å². The van der Waals surface area contributed by atoms with Gasteiger partial charge in [-0.1, -0.05) is 6.92 Å². The number of nitrogens with one attached hydrogen (secondary N) is 1. The van der Waals surface area contributed by atoms with Gasteiger partial charge in [-0.2, -0.15) is 0 Å². The monoisotopic (exact) mass is 213 g/mol. The van der Waals surface area contributed by atoms with Crippen LogP contribution in [0.2, 0.25) is 0 Å². The van der Waals surface area contributed by atoms with Crippen LogP contribution in [-0.4, -0.2) is 39.0 Å². The van der Waals surface area contributed by atoms with E-state index in [4.69, 9.17) is 9.47 Å². The minimum absolute atomic E-state index is 0.352. The highest BCUT2D eigenvalue weighted by atomic mass is 16.5. The molecule has 88 valence electrons. The fourth-order valence-electron chi connectivity index (χ4n) is 2.70. The Labute approximate surface area is 92.5 Å². The van der Waals surface area contributed by atoms with Crippen molar-refractivity contribution < 1.29 is 9.47 Å². The van der Waals surface area contributed by atoms with Crippen molar-refractivity contribution in [1.29, 1.82) is 0 Å². The predicted molar refractivity (Wildman–Crippen MR) is 60.0 cm³/mol. The Bertz CT molecular complexity index is 184. The Morgan fingerprint density at radius 1 is 1.40 bits per heavy atom. The van der Waals surface area contributed by atoms with Crippen LogP contribution < -0.4 is 5.32 Å². The van der Waals surface area contributed by atoms with Crippen LogP contribution in [0.4, 0.5) is 0 Å². The van der Waals surface area contributed by atoms with E-state index >= 15 is 0 Å². The molecule has 0 aliphatic carbocycles. The summed E-state index contributed by atoms with van der Waals surface area (Å²) in [6.07, 6.45) is 5.35. The molecule has 0 aromatic rings. The van der Waals surface area contributed by atoms with E-state index in [1.165, 1.54) is 25.7 Å². The number of hydrogen-bond acceptors (Lipinski definition) is 3. The van der Waals surface area contributed by atoms with E-state index < -0.39 is 0 Å². The first-order valence-corrected chi connectivity index (χ1v) is 6.25. The average molecular weight is 213 g/mol. The Morgan fingerprint density at radius 2 is 2.33 bits per heavy atom. The predicted octanol–water partition coefficient (Wildman–Crippen LogP) is 1.57. The second-order valence-corrected chi connectivity index (χ2v) is 4.92. The van der Waals surface area contributed by atoms with Crippen LogP contribution in [0, 0.1) is 5.41 Å². The molecule has 0 aromatic heterocycles. The van der Waals surface area contributed by atoms with Crippen LogP contribution in [0.5, 0.6) is 0 Å². The Kier molecular flexibility index (Phi) is 4.00. The summed E-state index contributed by atoms with van der Waals surface area (Å²) >= 11 is 0. The highest BCUT2D eigenvalue weighted by Gasteiger charge is 2.37. The van der Waals surface area contributed by atoms with E-state index in [1.54, 1.807) is 0 Å². The van der Waals surface area contributed by atoms with Crippen molar-refractivity contribution in [2.75, 3.05) is 32.9 Å². The molecule has 2 unspecified atom stereocenters. The molecule has 0 aromatic carbocycles. The molecule has 1 N–H and O–H groups in total. The van der Waals surface area contributed by atoms with Gasteiger partial charge in [-0.25, -0.2) is 0 Å².